The van der Waals surface area contributed by atoms with Gasteiger partial charge >= 0.3 is 0 Å². The van der Waals surface area contributed by atoms with Gasteiger partial charge in [-0.05, 0) is 24.3 Å². The molecular weight excluding hydrogens is 385 g/mol. The molecule has 0 unspecified atom stereocenters. The molecule has 2 saturated heterocycles. The number of nitrogens with zero attached hydrogens (tertiary/aromatic N) is 5. The average molecular weight is 407 g/mol. The topological polar surface area (TPSA) is 78.9 Å². The normalized spacial score (nSPS) is 19.0. The summed E-state index contributed by atoms with van der Waals surface area (Å²) < 4.78 is 46.0. The molecule has 4 rings (SSSR count). The van der Waals surface area contributed by atoms with E-state index in [0.29, 0.717) is 32.1 Å². The summed E-state index contributed by atoms with van der Waals surface area (Å²) in [6.45, 7) is 4.43. The van der Waals surface area contributed by atoms with E-state index in [1.807, 2.05) is 17.0 Å². The first kappa shape index (κ1) is 19.0. The molecule has 0 amide bonds. The predicted molar refractivity (Wildman–Crippen MR) is 102 cm³/mol. The highest BCUT2D eigenvalue weighted by molar-refractivity contribution is 7.89. The molecule has 2 aliphatic heterocycles. The van der Waals surface area contributed by atoms with E-state index < -0.39 is 15.8 Å². The van der Waals surface area contributed by atoms with E-state index in [1.165, 1.54) is 22.5 Å². The number of benzene rings is 1. The minimum atomic E-state index is -3.84. The first-order valence-corrected chi connectivity index (χ1v) is 10.7. The van der Waals surface area contributed by atoms with E-state index >= 15 is 0 Å². The minimum Gasteiger partial charge on any atom is -0.378 e. The second kappa shape index (κ2) is 7.98. The van der Waals surface area contributed by atoms with Gasteiger partial charge in [-0.3, -0.25) is 0 Å². The SMILES string of the molecule is O=S(=O)(c1ccccc1F)N1CCN(c2ccc(N3CCOCC3)nn2)CC1. The van der Waals surface area contributed by atoms with Crippen LogP contribution in [0.15, 0.2) is 41.3 Å². The molecule has 0 bridgehead atoms. The van der Waals surface area contributed by atoms with Crippen molar-refractivity contribution in [1.29, 1.82) is 0 Å². The molecule has 10 heteroatoms. The summed E-state index contributed by atoms with van der Waals surface area (Å²) in [5.41, 5.74) is 0. The van der Waals surface area contributed by atoms with Crippen LogP contribution in [0.5, 0.6) is 0 Å². The highest BCUT2D eigenvalue weighted by atomic mass is 32.2. The van der Waals surface area contributed by atoms with Crippen molar-refractivity contribution in [3.63, 3.8) is 0 Å². The van der Waals surface area contributed by atoms with E-state index in [1.54, 1.807) is 0 Å². The molecule has 2 aromatic rings. The summed E-state index contributed by atoms with van der Waals surface area (Å²) in [5, 5.41) is 8.60. The van der Waals surface area contributed by atoms with Gasteiger partial charge < -0.3 is 14.5 Å². The molecule has 3 heterocycles. The van der Waals surface area contributed by atoms with Crippen LogP contribution in [-0.4, -0.2) is 75.4 Å². The van der Waals surface area contributed by atoms with Gasteiger partial charge in [0.25, 0.3) is 0 Å². The number of piperazine rings is 1. The first-order valence-electron chi connectivity index (χ1n) is 9.22. The fourth-order valence-corrected chi connectivity index (χ4v) is 4.89. The summed E-state index contributed by atoms with van der Waals surface area (Å²) in [6.07, 6.45) is 0. The van der Waals surface area contributed by atoms with Gasteiger partial charge in [0.1, 0.15) is 10.7 Å². The Labute approximate surface area is 163 Å². The Balaban J connectivity index is 1.41. The van der Waals surface area contributed by atoms with Crippen LogP contribution >= 0.6 is 0 Å². The second-order valence-electron chi connectivity index (χ2n) is 6.67. The molecule has 0 spiro atoms. The number of anilines is 2. The zero-order valence-electron chi connectivity index (χ0n) is 15.4. The smallest absolute Gasteiger partial charge is 0.246 e. The van der Waals surface area contributed by atoms with Gasteiger partial charge in [0.15, 0.2) is 11.6 Å². The lowest BCUT2D eigenvalue weighted by molar-refractivity contribution is 0.122. The van der Waals surface area contributed by atoms with E-state index in [4.69, 9.17) is 4.74 Å². The third-order valence-corrected chi connectivity index (χ3v) is 6.92. The maximum absolute atomic E-state index is 13.9. The van der Waals surface area contributed by atoms with Crippen molar-refractivity contribution in [1.82, 2.24) is 14.5 Å². The van der Waals surface area contributed by atoms with Crippen LogP contribution in [0.2, 0.25) is 0 Å². The summed E-state index contributed by atoms with van der Waals surface area (Å²) in [5.74, 6) is 0.794. The Bertz CT molecular complexity index is 911. The molecule has 150 valence electrons. The van der Waals surface area contributed by atoms with Crippen molar-refractivity contribution in [3.8, 4) is 0 Å². The van der Waals surface area contributed by atoms with Crippen LogP contribution in [-0.2, 0) is 14.8 Å². The molecule has 1 aromatic carbocycles. The predicted octanol–water partition coefficient (Wildman–Crippen LogP) is 0.963. The van der Waals surface area contributed by atoms with Crippen LogP contribution in [0.4, 0.5) is 16.0 Å². The fourth-order valence-electron chi connectivity index (χ4n) is 3.40. The fraction of sp³-hybridized carbons (Fsp3) is 0.444. The minimum absolute atomic E-state index is 0.267. The second-order valence-corrected chi connectivity index (χ2v) is 8.58. The first-order chi connectivity index (χ1) is 13.6. The van der Waals surface area contributed by atoms with Crippen LogP contribution in [0.25, 0.3) is 0 Å². The van der Waals surface area contributed by atoms with Crippen molar-refractivity contribution in [2.75, 3.05) is 62.3 Å². The number of hydrogen-bond acceptors (Lipinski definition) is 7. The molecular formula is C18H22FN5O3S. The zero-order chi connectivity index (χ0) is 19.6. The largest absolute Gasteiger partial charge is 0.378 e. The molecule has 0 saturated carbocycles. The lowest BCUT2D eigenvalue weighted by Crippen LogP contribution is -2.49. The van der Waals surface area contributed by atoms with Gasteiger partial charge in [0.05, 0.1) is 13.2 Å². The van der Waals surface area contributed by atoms with Crippen LogP contribution in [0.3, 0.4) is 0 Å². The Morgan fingerprint density at radius 1 is 0.821 bits per heavy atom. The Kier molecular flexibility index (Phi) is 5.42. The van der Waals surface area contributed by atoms with Gasteiger partial charge in [-0.25, -0.2) is 12.8 Å². The van der Waals surface area contributed by atoms with Crippen LogP contribution in [0.1, 0.15) is 0 Å². The maximum atomic E-state index is 13.9. The molecule has 28 heavy (non-hydrogen) atoms. The third-order valence-electron chi connectivity index (χ3n) is 4.99. The highest BCUT2D eigenvalue weighted by Crippen LogP contribution is 2.22. The molecule has 2 aliphatic rings. The third kappa shape index (κ3) is 3.80. The number of aromatic nitrogens is 2. The van der Waals surface area contributed by atoms with Crippen molar-refractivity contribution >= 4 is 21.7 Å². The monoisotopic (exact) mass is 407 g/mol. The van der Waals surface area contributed by atoms with E-state index in [-0.39, 0.29) is 18.0 Å². The molecule has 2 fully saturated rings. The average Bonchev–Trinajstić information content (AvgIpc) is 2.75. The Morgan fingerprint density at radius 3 is 1.96 bits per heavy atom. The van der Waals surface area contributed by atoms with Gasteiger partial charge in [-0.15, -0.1) is 10.2 Å². The molecule has 0 radical (unpaired) electrons. The maximum Gasteiger partial charge on any atom is 0.246 e. The summed E-state index contributed by atoms with van der Waals surface area (Å²) in [4.78, 5) is 3.83. The molecule has 1 aromatic heterocycles. The molecule has 0 atom stereocenters. The van der Waals surface area contributed by atoms with Crippen LogP contribution in [0, 0.1) is 5.82 Å². The van der Waals surface area contributed by atoms with E-state index in [0.717, 1.165) is 25.0 Å². The zero-order valence-corrected chi connectivity index (χ0v) is 16.2. The van der Waals surface area contributed by atoms with E-state index in [2.05, 4.69) is 15.1 Å². The van der Waals surface area contributed by atoms with Crippen LogP contribution < -0.4 is 9.80 Å². The summed E-state index contributed by atoms with van der Waals surface area (Å²) >= 11 is 0. The molecule has 0 aliphatic carbocycles. The van der Waals surface area contributed by atoms with Gasteiger partial charge in [0, 0.05) is 39.3 Å². The summed E-state index contributed by atoms with van der Waals surface area (Å²) in [7, 11) is -3.84. The number of ether oxygens (including phenoxy) is 1. The molecule has 0 N–H and O–H groups in total. The number of rotatable bonds is 4. The van der Waals surface area contributed by atoms with Crippen molar-refractivity contribution in [2.45, 2.75) is 4.90 Å². The number of hydrogen-bond donors (Lipinski definition) is 0. The summed E-state index contributed by atoms with van der Waals surface area (Å²) in [6, 6.07) is 9.29. The Hall–Kier alpha value is -2.30. The standard InChI is InChI=1S/C18H22FN5O3S/c19-15-3-1-2-4-16(15)28(25,26)24-9-7-22(8-10-24)17-5-6-18(21-20-17)23-11-13-27-14-12-23/h1-6H,7-14H2. The van der Waals surface area contributed by atoms with E-state index in [9.17, 15) is 12.8 Å². The Morgan fingerprint density at radius 2 is 1.39 bits per heavy atom. The van der Waals surface area contributed by atoms with Gasteiger partial charge in [0.2, 0.25) is 10.0 Å². The van der Waals surface area contributed by atoms with Crippen molar-refractivity contribution in [2.24, 2.45) is 0 Å². The molecule has 8 nitrogen and oxygen atoms in total. The lowest BCUT2D eigenvalue weighted by Gasteiger charge is -2.34. The highest BCUT2D eigenvalue weighted by Gasteiger charge is 2.31. The van der Waals surface area contributed by atoms with Crippen molar-refractivity contribution in [3.05, 3.63) is 42.2 Å². The number of halogens is 1. The van der Waals surface area contributed by atoms with Crippen molar-refractivity contribution < 1.29 is 17.5 Å². The van der Waals surface area contributed by atoms with Gasteiger partial charge in [-0.2, -0.15) is 4.31 Å². The quantitative estimate of drug-likeness (QED) is 0.747. The van der Waals surface area contributed by atoms with Gasteiger partial charge in [-0.1, -0.05) is 12.1 Å². The number of morpholine rings is 1. The number of sulfonamides is 1. The lowest BCUT2D eigenvalue weighted by atomic mass is 10.3.